The van der Waals surface area contributed by atoms with Gasteiger partial charge in [0.2, 0.25) is 5.91 Å². The van der Waals surface area contributed by atoms with Gasteiger partial charge < -0.3 is 25.0 Å². The zero-order chi connectivity index (χ0) is 21.0. The third-order valence-corrected chi connectivity index (χ3v) is 4.36. The lowest BCUT2D eigenvalue weighted by Crippen LogP contribution is -2.52. The summed E-state index contributed by atoms with van der Waals surface area (Å²) >= 11 is 0. The van der Waals surface area contributed by atoms with Gasteiger partial charge >= 0.3 is 11.9 Å². The number of phenolic OH excluding ortho intramolecular Hbond substituents is 2. The van der Waals surface area contributed by atoms with Gasteiger partial charge in [0.15, 0.2) is 11.5 Å². The van der Waals surface area contributed by atoms with Crippen LogP contribution in [0.3, 0.4) is 0 Å². The summed E-state index contributed by atoms with van der Waals surface area (Å²) in [6.45, 7) is 1.61. The van der Waals surface area contributed by atoms with E-state index >= 15 is 0 Å². The van der Waals surface area contributed by atoms with Crippen LogP contribution >= 0.6 is 0 Å². The number of ether oxygens (including phenoxy) is 2. The Morgan fingerprint density at radius 1 is 1.14 bits per heavy atom. The van der Waals surface area contributed by atoms with Crippen molar-refractivity contribution in [3.8, 4) is 11.5 Å². The molecular formula is C21H19NO7. The van der Waals surface area contributed by atoms with E-state index < -0.39 is 29.7 Å². The molecule has 0 spiro atoms. The van der Waals surface area contributed by atoms with Crippen molar-refractivity contribution in [2.75, 3.05) is 0 Å². The van der Waals surface area contributed by atoms with Crippen molar-refractivity contribution in [2.24, 2.45) is 5.92 Å². The van der Waals surface area contributed by atoms with Gasteiger partial charge in [-0.05, 0) is 30.7 Å². The smallest absolute Gasteiger partial charge is 0.338 e. The van der Waals surface area contributed by atoms with Crippen molar-refractivity contribution in [1.29, 1.82) is 0 Å². The fourth-order valence-corrected chi connectivity index (χ4v) is 2.81. The van der Waals surface area contributed by atoms with E-state index in [1.807, 2.05) is 30.3 Å². The Morgan fingerprint density at radius 2 is 1.86 bits per heavy atom. The number of phenols is 2. The van der Waals surface area contributed by atoms with E-state index in [4.69, 9.17) is 9.47 Å². The summed E-state index contributed by atoms with van der Waals surface area (Å²) in [7, 11) is 0. The molecule has 1 heterocycles. The van der Waals surface area contributed by atoms with Crippen LogP contribution in [0.25, 0.3) is 0 Å². The number of amides is 1. The number of aromatic hydroxyl groups is 2. The van der Waals surface area contributed by atoms with Crippen LogP contribution in [0.1, 0.15) is 22.8 Å². The molecule has 29 heavy (non-hydrogen) atoms. The fraction of sp³-hybridized carbons (Fsp3) is 0.190. The minimum atomic E-state index is -0.861. The van der Waals surface area contributed by atoms with Crippen molar-refractivity contribution < 1.29 is 34.1 Å². The second-order valence-corrected chi connectivity index (χ2v) is 6.47. The zero-order valence-corrected chi connectivity index (χ0v) is 15.5. The number of nitrogens with one attached hydrogen (secondary N) is 1. The quantitative estimate of drug-likeness (QED) is 0.295. The molecule has 3 rings (SSSR count). The number of carbonyl (C=O) groups excluding carboxylic acids is 3. The molecule has 1 aliphatic heterocycles. The molecule has 0 saturated carbocycles. The maximum absolute atomic E-state index is 12.2. The lowest BCUT2D eigenvalue weighted by Gasteiger charge is -2.33. The first-order valence-corrected chi connectivity index (χ1v) is 8.81. The number of hydrogen-bond acceptors (Lipinski definition) is 7. The third-order valence-electron chi connectivity index (χ3n) is 4.36. The van der Waals surface area contributed by atoms with Crippen molar-refractivity contribution in [2.45, 2.75) is 19.6 Å². The average molecular weight is 397 g/mol. The van der Waals surface area contributed by atoms with Crippen molar-refractivity contribution in [3.63, 3.8) is 0 Å². The summed E-state index contributed by atoms with van der Waals surface area (Å²) in [5.74, 6) is -3.45. The summed E-state index contributed by atoms with van der Waals surface area (Å²) in [6.07, 6.45) is 0.298. The van der Waals surface area contributed by atoms with Gasteiger partial charge in [0.25, 0.3) is 0 Å². The molecule has 0 aliphatic carbocycles. The Kier molecular flexibility index (Phi) is 5.82. The van der Waals surface area contributed by atoms with Crippen LogP contribution in [0.15, 0.2) is 60.3 Å². The summed E-state index contributed by atoms with van der Waals surface area (Å²) in [4.78, 5) is 36.1. The largest absolute Gasteiger partial charge is 0.504 e. The summed E-state index contributed by atoms with van der Waals surface area (Å²) in [6, 6.07) is 12.6. The van der Waals surface area contributed by atoms with Gasteiger partial charge in [0.05, 0.1) is 5.56 Å². The van der Waals surface area contributed by atoms with Gasteiger partial charge in [0, 0.05) is 11.8 Å². The second-order valence-electron chi connectivity index (χ2n) is 6.47. The SMILES string of the molecule is C[C@@H](OC(=O)c1ccc(O)c(O)c1)[C@H]1C(=O)N/C1=C\C(=O)OCc1ccccc1. The van der Waals surface area contributed by atoms with Crippen LogP contribution in [-0.4, -0.2) is 34.2 Å². The lowest BCUT2D eigenvalue weighted by molar-refractivity contribution is -0.139. The Hall–Kier alpha value is -3.81. The molecule has 0 aromatic heterocycles. The molecule has 8 nitrogen and oxygen atoms in total. The Bertz CT molecular complexity index is 968. The molecule has 2 aromatic carbocycles. The molecule has 1 fully saturated rings. The molecule has 1 amide bonds. The molecule has 2 atom stereocenters. The average Bonchev–Trinajstić information content (AvgIpc) is 2.68. The number of esters is 2. The van der Waals surface area contributed by atoms with Gasteiger partial charge in [0.1, 0.15) is 18.6 Å². The van der Waals surface area contributed by atoms with E-state index in [1.54, 1.807) is 0 Å². The fourth-order valence-electron chi connectivity index (χ4n) is 2.81. The molecule has 1 saturated heterocycles. The van der Waals surface area contributed by atoms with Crippen LogP contribution in [0.4, 0.5) is 0 Å². The first-order valence-electron chi connectivity index (χ1n) is 8.81. The number of β-lactam (4-membered cyclic amide) rings is 1. The van der Waals surface area contributed by atoms with Crippen molar-refractivity contribution >= 4 is 17.8 Å². The molecular weight excluding hydrogens is 378 g/mol. The van der Waals surface area contributed by atoms with E-state index in [2.05, 4.69) is 5.32 Å². The lowest BCUT2D eigenvalue weighted by atomic mass is 9.90. The molecule has 3 N–H and O–H groups in total. The number of benzene rings is 2. The Morgan fingerprint density at radius 3 is 2.52 bits per heavy atom. The predicted octanol–water partition coefficient (Wildman–Crippen LogP) is 2.02. The van der Waals surface area contributed by atoms with Crippen LogP contribution in [-0.2, 0) is 25.7 Å². The summed E-state index contributed by atoms with van der Waals surface area (Å²) in [5.41, 5.74) is 1.13. The van der Waals surface area contributed by atoms with Gasteiger partial charge in [-0.3, -0.25) is 4.79 Å². The monoisotopic (exact) mass is 397 g/mol. The Balaban J connectivity index is 1.60. The maximum Gasteiger partial charge on any atom is 0.338 e. The summed E-state index contributed by atoms with van der Waals surface area (Å²) < 4.78 is 10.4. The minimum Gasteiger partial charge on any atom is -0.504 e. The van der Waals surface area contributed by atoms with Crippen LogP contribution in [0, 0.1) is 5.92 Å². The predicted molar refractivity (Wildman–Crippen MR) is 101 cm³/mol. The number of carbonyl (C=O) groups is 3. The first kappa shape index (κ1) is 19.9. The maximum atomic E-state index is 12.2. The highest BCUT2D eigenvalue weighted by Crippen LogP contribution is 2.28. The molecule has 150 valence electrons. The normalized spacial score (nSPS) is 17.8. The van der Waals surface area contributed by atoms with E-state index in [1.165, 1.54) is 13.0 Å². The minimum absolute atomic E-state index is 0.0136. The standard InChI is InChI=1S/C21H19NO7/c1-12(29-21(27)14-7-8-16(23)17(24)9-14)19-15(22-20(19)26)10-18(25)28-11-13-5-3-2-4-6-13/h2-10,12,19,23-24H,11H2,1H3,(H,22,26)/b15-10-/t12-,19-/m1/s1. The van der Waals surface area contributed by atoms with Crippen molar-refractivity contribution in [1.82, 2.24) is 5.32 Å². The van der Waals surface area contributed by atoms with Gasteiger partial charge in [-0.15, -0.1) is 0 Å². The van der Waals surface area contributed by atoms with Crippen LogP contribution in [0.5, 0.6) is 11.5 Å². The first-order chi connectivity index (χ1) is 13.8. The van der Waals surface area contributed by atoms with E-state index in [0.29, 0.717) is 5.70 Å². The zero-order valence-electron chi connectivity index (χ0n) is 15.5. The van der Waals surface area contributed by atoms with E-state index in [-0.39, 0.29) is 23.8 Å². The highest BCUT2D eigenvalue weighted by atomic mass is 16.5. The molecule has 0 radical (unpaired) electrons. The van der Waals surface area contributed by atoms with Crippen LogP contribution < -0.4 is 5.32 Å². The Labute approximate surface area is 166 Å². The van der Waals surface area contributed by atoms with Gasteiger partial charge in [-0.2, -0.15) is 0 Å². The third kappa shape index (κ3) is 4.73. The second kappa shape index (κ2) is 8.47. The molecule has 2 aromatic rings. The van der Waals surface area contributed by atoms with E-state index in [9.17, 15) is 24.6 Å². The highest BCUT2D eigenvalue weighted by Gasteiger charge is 2.41. The number of hydrogen-bond donors (Lipinski definition) is 3. The van der Waals surface area contributed by atoms with Gasteiger partial charge in [-0.1, -0.05) is 30.3 Å². The molecule has 8 heteroatoms. The molecule has 0 bridgehead atoms. The van der Waals surface area contributed by atoms with Crippen LogP contribution in [0.2, 0.25) is 0 Å². The summed E-state index contributed by atoms with van der Waals surface area (Å²) in [5, 5.41) is 21.3. The molecule has 0 unspecified atom stereocenters. The number of rotatable bonds is 6. The molecule has 1 aliphatic rings. The highest BCUT2D eigenvalue weighted by molar-refractivity contribution is 5.96. The van der Waals surface area contributed by atoms with E-state index in [0.717, 1.165) is 23.8 Å². The van der Waals surface area contributed by atoms with Crippen molar-refractivity contribution in [3.05, 3.63) is 71.4 Å². The topological polar surface area (TPSA) is 122 Å². The van der Waals surface area contributed by atoms with Gasteiger partial charge in [-0.25, -0.2) is 9.59 Å².